The van der Waals surface area contributed by atoms with Crippen LogP contribution in [0.4, 0.5) is 5.69 Å². The van der Waals surface area contributed by atoms with Crippen molar-refractivity contribution < 1.29 is 14.3 Å². The Kier molecular flexibility index (Phi) is 6.43. The van der Waals surface area contributed by atoms with Gasteiger partial charge in [0.05, 0.1) is 13.2 Å². The fourth-order valence-electron chi connectivity index (χ4n) is 4.09. The first-order valence-corrected chi connectivity index (χ1v) is 10.3. The molecule has 5 nitrogen and oxygen atoms in total. The Hall–Kier alpha value is -1.59. The normalized spacial score (nSPS) is 19.3. The van der Waals surface area contributed by atoms with Gasteiger partial charge in [0.15, 0.2) is 5.79 Å². The number of hydrogen-bond donors (Lipinski definition) is 1. The number of carbonyl (C=O) groups is 1. The predicted octanol–water partition coefficient (Wildman–Crippen LogP) is 4.10. The second kappa shape index (κ2) is 8.61. The van der Waals surface area contributed by atoms with Crippen LogP contribution in [0.2, 0.25) is 0 Å². The number of carbonyl (C=O) groups excluding carboxylic acids is 1. The van der Waals surface area contributed by atoms with Crippen molar-refractivity contribution >= 4 is 11.6 Å². The Morgan fingerprint density at radius 2 is 1.63 bits per heavy atom. The van der Waals surface area contributed by atoms with E-state index in [4.69, 9.17) is 9.47 Å². The second-order valence-corrected chi connectivity index (χ2v) is 8.29. The van der Waals surface area contributed by atoms with Crippen molar-refractivity contribution in [3.8, 4) is 0 Å². The molecule has 1 spiro atoms. The summed E-state index contributed by atoms with van der Waals surface area (Å²) in [5, 5.41) is 3.57. The molecular weight excluding hydrogens is 340 g/mol. The highest BCUT2D eigenvalue weighted by Crippen LogP contribution is 2.33. The van der Waals surface area contributed by atoms with Gasteiger partial charge in [-0.05, 0) is 23.0 Å². The van der Waals surface area contributed by atoms with Gasteiger partial charge in [0.25, 0.3) is 0 Å². The van der Waals surface area contributed by atoms with E-state index in [1.807, 2.05) is 4.90 Å². The number of rotatable bonds is 6. The van der Waals surface area contributed by atoms with Gasteiger partial charge in [-0.15, -0.1) is 0 Å². The first-order chi connectivity index (χ1) is 12.9. The van der Waals surface area contributed by atoms with Crippen LogP contribution in [0.1, 0.15) is 69.9 Å². The topological polar surface area (TPSA) is 50.8 Å². The van der Waals surface area contributed by atoms with Crippen LogP contribution in [0.3, 0.4) is 0 Å². The molecule has 3 rings (SSSR count). The summed E-state index contributed by atoms with van der Waals surface area (Å²) in [7, 11) is 0. The maximum atomic E-state index is 12.6. The molecular formula is C22H34N2O3. The molecule has 0 saturated carbocycles. The number of nitrogens with zero attached hydrogens (tertiary/aromatic N) is 1. The van der Waals surface area contributed by atoms with Crippen molar-refractivity contribution in [1.82, 2.24) is 4.90 Å². The molecule has 1 amide bonds. The minimum Gasteiger partial charge on any atom is -0.384 e. The third-order valence-electron chi connectivity index (χ3n) is 5.71. The Morgan fingerprint density at radius 1 is 1.07 bits per heavy atom. The van der Waals surface area contributed by atoms with Gasteiger partial charge < -0.3 is 19.7 Å². The highest BCUT2D eigenvalue weighted by Gasteiger charge is 2.40. The van der Waals surface area contributed by atoms with Crippen molar-refractivity contribution in [2.24, 2.45) is 0 Å². The molecule has 0 radical (unpaired) electrons. The average Bonchev–Trinajstić information content (AvgIpc) is 3.09. The van der Waals surface area contributed by atoms with E-state index in [1.165, 1.54) is 16.8 Å². The Balaban J connectivity index is 1.55. The van der Waals surface area contributed by atoms with Gasteiger partial charge in [-0.3, -0.25) is 4.79 Å². The highest BCUT2D eigenvalue weighted by atomic mass is 16.7. The largest absolute Gasteiger partial charge is 0.384 e. The second-order valence-electron chi connectivity index (χ2n) is 8.29. The smallest absolute Gasteiger partial charge is 0.224 e. The van der Waals surface area contributed by atoms with Crippen LogP contribution in [0, 0.1) is 0 Å². The third kappa shape index (κ3) is 4.64. The van der Waals surface area contributed by atoms with Gasteiger partial charge in [0.2, 0.25) is 5.91 Å². The maximum absolute atomic E-state index is 12.6. The Morgan fingerprint density at radius 3 is 2.15 bits per heavy atom. The molecule has 1 aromatic rings. The molecule has 0 unspecified atom stereocenters. The third-order valence-corrected chi connectivity index (χ3v) is 5.71. The molecule has 1 N–H and O–H groups in total. The molecule has 2 heterocycles. The van der Waals surface area contributed by atoms with Crippen LogP contribution in [0.15, 0.2) is 18.2 Å². The SMILES string of the molecule is CC(C)c1cccc(C(C)C)c1NCCC(=O)N1CCC2(CC1)OCCO2. The standard InChI is InChI=1S/C22H34N2O3/c1-16(2)18-6-5-7-19(17(3)4)21(18)23-11-8-20(25)24-12-9-22(10-13-24)26-14-15-27-22/h5-7,16-17,23H,8-15H2,1-4H3. The first-order valence-electron chi connectivity index (χ1n) is 10.3. The van der Waals surface area contributed by atoms with E-state index in [1.54, 1.807) is 0 Å². The number of benzene rings is 1. The van der Waals surface area contributed by atoms with Gasteiger partial charge in [-0.25, -0.2) is 0 Å². The van der Waals surface area contributed by atoms with E-state index in [0.717, 1.165) is 25.9 Å². The summed E-state index contributed by atoms with van der Waals surface area (Å²) in [4.78, 5) is 14.6. The molecule has 27 heavy (non-hydrogen) atoms. The summed E-state index contributed by atoms with van der Waals surface area (Å²) < 4.78 is 11.5. The van der Waals surface area contributed by atoms with E-state index >= 15 is 0 Å². The zero-order valence-electron chi connectivity index (χ0n) is 17.2. The van der Waals surface area contributed by atoms with E-state index in [9.17, 15) is 4.79 Å². The number of piperidine rings is 1. The van der Waals surface area contributed by atoms with Gasteiger partial charge in [-0.2, -0.15) is 0 Å². The van der Waals surface area contributed by atoms with Gasteiger partial charge >= 0.3 is 0 Å². The zero-order chi connectivity index (χ0) is 19.4. The maximum Gasteiger partial charge on any atom is 0.224 e. The van der Waals surface area contributed by atoms with Crippen LogP contribution in [0.5, 0.6) is 0 Å². The summed E-state index contributed by atoms with van der Waals surface area (Å²) in [6.07, 6.45) is 2.07. The fraction of sp³-hybridized carbons (Fsp3) is 0.682. The van der Waals surface area contributed by atoms with Crippen LogP contribution < -0.4 is 5.32 Å². The van der Waals surface area contributed by atoms with Crippen molar-refractivity contribution in [3.05, 3.63) is 29.3 Å². The van der Waals surface area contributed by atoms with Crippen molar-refractivity contribution in [1.29, 1.82) is 0 Å². The molecule has 2 aliphatic rings. The van der Waals surface area contributed by atoms with Crippen molar-refractivity contribution in [2.75, 3.05) is 38.2 Å². The molecule has 0 aromatic heterocycles. The van der Waals surface area contributed by atoms with Crippen LogP contribution in [0.25, 0.3) is 0 Å². The lowest BCUT2D eigenvalue weighted by atomic mass is 9.92. The predicted molar refractivity (Wildman–Crippen MR) is 108 cm³/mol. The number of nitrogens with one attached hydrogen (secondary N) is 1. The highest BCUT2D eigenvalue weighted by molar-refractivity contribution is 5.77. The molecule has 2 saturated heterocycles. The summed E-state index contributed by atoms with van der Waals surface area (Å²) in [5.74, 6) is 0.693. The summed E-state index contributed by atoms with van der Waals surface area (Å²) in [6, 6.07) is 6.51. The van der Waals surface area contributed by atoms with Crippen molar-refractivity contribution in [2.45, 2.75) is 64.6 Å². The summed E-state index contributed by atoms with van der Waals surface area (Å²) in [5.41, 5.74) is 3.86. The summed E-state index contributed by atoms with van der Waals surface area (Å²) in [6.45, 7) is 12.3. The Labute approximate surface area is 163 Å². The number of para-hydroxylation sites is 1. The van der Waals surface area contributed by atoms with Crippen LogP contribution >= 0.6 is 0 Å². The van der Waals surface area contributed by atoms with E-state index in [2.05, 4.69) is 51.2 Å². The molecule has 1 aromatic carbocycles. The molecule has 150 valence electrons. The minimum atomic E-state index is -0.419. The number of ether oxygens (including phenoxy) is 2. The fourth-order valence-corrected chi connectivity index (χ4v) is 4.09. The van der Waals surface area contributed by atoms with E-state index in [0.29, 0.717) is 38.0 Å². The minimum absolute atomic E-state index is 0.212. The number of likely N-dealkylation sites (tertiary alicyclic amines) is 1. The number of amides is 1. The lowest BCUT2D eigenvalue weighted by Gasteiger charge is -2.37. The Bertz CT molecular complexity index is 615. The molecule has 2 fully saturated rings. The average molecular weight is 375 g/mol. The molecule has 0 aliphatic carbocycles. The molecule has 5 heteroatoms. The quantitative estimate of drug-likeness (QED) is 0.814. The van der Waals surface area contributed by atoms with Gasteiger partial charge in [0.1, 0.15) is 0 Å². The summed E-state index contributed by atoms with van der Waals surface area (Å²) >= 11 is 0. The monoisotopic (exact) mass is 374 g/mol. The van der Waals surface area contributed by atoms with Crippen LogP contribution in [-0.2, 0) is 14.3 Å². The van der Waals surface area contributed by atoms with E-state index in [-0.39, 0.29) is 5.91 Å². The lowest BCUT2D eigenvalue weighted by Crippen LogP contribution is -2.47. The van der Waals surface area contributed by atoms with Crippen molar-refractivity contribution in [3.63, 3.8) is 0 Å². The van der Waals surface area contributed by atoms with Gasteiger partial charge in [-0.1, -0.05) is 45.9 Å². The van der Waals surface area contributed by atoms with Gasteiger partial charge in [0, 0.05) is 44.6 Å². The molecule has 0 atom stereocenters. The number of hydrogen-bond acceptors (Lipinski definition) is 4. The zero-order valence-corrected chi connectivity index (χ0v) is 17.2. The molecule has 0 bridgehead atoms. The molecule has 2 aliphatic heterocycles. The van der Waals surface area contributed by atoms with Crippen LogP contribution in [-0.4, -0.2) is 49.4 Å². The number of anilines is 1. The first kappa shape index (κ1) is 20.2. The van der Waals surface area contributed by atoms with E-state index < -0.39 is 5.79 Å². The lowest BCUT2D eigenvalue weighted by molar-refractivity contribution is -0.187.